The van der Waals surface area contributed by atoms with E-state index in [4.69, 9.17) is 23.2 Å². The minimum absolute atomic E-state index is 0.0309. The summed E-state index contributed by atoms with van der Waals surface area (Å²) in [7, 11) is 0. The molecule has 4 nitrogen and oxygen atoms in total. The first-order valence-corrected chi connectivity index (χ1v) is 6.68. The Morgan fingerprint density at radius 3 is 2.60 bits per heavy atom. The lowest BCUT2D eigenvalue weighted by molar-refractivity contribution is -0.146. The van der Waals surface area contributed by atoms with Crippen LogP contribution in [0.4, 0.5) is 13.2 Å². The Morgan fingerprint density at radius 1 is 1.15 bits per heavy atom. The van der Waals surface area contributed by atoms with Gasteiger partial charge in [-0.3, -0.25) is 0 Å². The Morgan fingerprint density at radius 2 is 1.90 bits per heavy atom. The van der Waals surface area contributed by atoms with Crippen LogP contribution < -0.4 is 0 Å². The molecule has 1 aromatic carbocycles. The zero-order valence-electron chi connectivity index (χ0n) is 9.32. The summed E-state index contributed by atoms with van der Waals surface area (Å²) in [4.78, 5) is 0.0309. The Hall–Kier alpha value is -1.38. The van der Waals surface area contributed by atoms with Crippen molar-refractivity contribution in [1.29, 1.82) is 0 Å². The van der Waals surface area contributed by atoms with Crippen LogP contribution in [0, 0.1) is 0 Å². The first kappa shape index (κ1) is 13.6. The molecule has 0 bridgehead atoms. The maximum absolute atomic E-state index is 12.7. The van der Waals surface area contributed by atoms with Gasteiger partial charge in [-0.2, -0.15) is 22.8 Å². The third-order valence-electron chi connectivity index (χ3n) is 2.40. The van der Waals surface area contributed by atoms with Crippen LogP contribution in [0.25, 0.3) is 15.5 Å². The van der Waals surface area contributed by atoms with Crippen molar-refractivity contribution in [2.24, 2.45) is 0 Å². The van der Waals surface area contributed by atoms with E-state index in [2.05, 4.69) is 15.3 Å². The smallest absolute Gasteiger partial charge is 0.178 e. The number of hydrogen-bond acceptors (Lipinski definition) is 4. The molecule has 0 aliphatic heterocycles. The molecule has 0 aliphatic rings. The van der Waals surface area contributed by atoms with E-state index in [1.807, 2.05) is 0 Å². The minimum atomic E-state index is -4.62. The molecule has 0 amide bonds. The van der Waals surface area contributed by atoms with E-state index < -0.39 is 12.0 Å². The van der Waals surface area contributed by atoms with E-state index in [1.165, 1.54) is 6.07 Å². The minimum Gasteiger partial charge on any atom is -0.178 e. The van der Waals surface area contributed by atoms with E-state index >= 15 is 0 Å². The van der Waals surface area contributed by atoms with Gasteiger partial charge in [-0.25, -0.2) is 0 Å². The molecule has 104 valence electrons. The average Bonchev–Trinajstić information content (AvgIpc) is 2.89. The molecule has 0 spiro atoms. The highest BCUT2D eigenvalue weighted by atomic mass is 35.5. The molecule has 0 atom stereocenters. The van der Waals surface area contributed by atoms with Crippen LogP contribution in [0.1, 0.15) is 5.82 Å². The topological polar surface area (TPSA) is 43.1 Å². The van der Waals surface area contributed by atoms with Crippen molar-refractivity contribution in [3.05, 3.63) is 34.1 Å². The molecule has 0 radical (unpaired) electrons. The van der Waals surface area contributed by atoms with Gasteiger partial charge in [0.25, 0.3) is 5.82 Å². The molecular formula is C10H3Cl2F3N4S. The summed E-state index contributed by atoms with van der Waals surface area (Å²) < 4.78 is 38.8. The van der Waals surface area contributed by atoms with E-state index in [1.54, 1.807) is 12.1 Å². The number of rotatable bonds is 1. The third kappa shape index (κ3) is 2.23. The monoisotopic (exact) mass is 338 g/mol. The third-order valence-corrected chi connectivity index (χ3v) is 3.90. The van der Waals surface area contributed by atoms with Gasteiger partial charge in [0.1, 0.15) is 5.01 Å². The summed E-state index contributed by atoms with van der Waals surface area (Å²) in [6.45, 7) is 0. The molecule has 0 saturated heterocycles. The maximum Gasteiger partial charge on any atom is 0.453 e. The van der Waals surface area contributed by atoms with Crippen LogP contribution in [0.3, 0.4) is 0 Å². The van der Waals surface area contributed by atoms with Crippen molar-refractivity contribution < 1.29 is 13.2 Å². The first-order valence-electron chi connectivity index (χ1n) is 5.11. The van der Waals surface area contributed by atoms with E-state index in [0.29, 0.717) is 20.1 Å². The van der Waals surface area contributed by atoms with Gasteiger partial charge in [-0.05, 0) is 18.2 Å². The number of benzene rings is 1. The fourth-order valence-electron chi connectivity index (χ4n) is 1.56. The zero-order chi connectivity index (χ0) is 14.5. The fraction of sp³-hybridized carbons (Fsp3) is 0.100. The van der Waals surface area contributed by atoms with Gasteiger partial charge in [0.2, 0.25) is 4.96 Å². The van der Waals surface area contributed by atoms with Gasteiger partial charge >= 0.3 is 6.18 Å². The second-order valence-corrected chi connectivity index (χ2v) is 5.55. The highest BCUT2D eigenvalue weighted by molar-refractivity contribution is 7.19. The van der Waals surface area contributed by atoms with Gasteiger partial charge in [0, 0.05) is 10.6 Å². The zero-order valence-corrected chi connectivity index (χ0v) is 11.6. The maximum atomic E-state index is 12.7. The molecule has 0 aliphatic carbocycles. The van der Waals surface area contributed by atoms with Crippen LogP contribution in [0.2, 0.25) is 10.0 Å². The SMILES string of the molecule is FC(F)(F)c1nnc2sc(-c3cc(Cl)ccc3Cl)nn12. The lowest BCUT2D eigenvalue weighted by atomic mass is 10.2. The average molecular weight is 339 g/mol. The summed E-state index contributed by atoms with van der Waals surface area (Å²) in [6.07, 6.45) is -4.62. The molecule has 0 unspecified atom stereocenters. The van der Waals surface area contributed by atoms with Crippen molar-refractivity contribution >= 4 is 39.5 Å². The fourth-order valence-corrected chi connectivity index (χ4v) is 2.87. The van der Waals surface area contributed by atoms with E-state index in [-0.39, 0.29) is 9.97 Å². The summed E-state index contributed by atoms with van der Waals surface area (Å²) in [6, 6.07) is 4.66. The summed E-state index contributed by atoms with van der Waals surface area (Å²) in [5.41, 5.74) is 0.447. The number of alkyl halides is 3. The Balaban J connectivity index is 2.19. The quantitative estimate of drug-likeness (QED) is 0.668. The van der Waals surface area contributed by atoms with E-state index in [9.17, 15) is 13.2 Å². The lowest BCUT2D eigenvalue weighted by Gasteiger charge is -2.01. The molecule has 10 heteroatoms. The van der Waals surface area contributed by atoms with Crippen molar-refractivity contribution in [3.63, 3.8) is 0 Å². The molecule has 0 N–H and O–H groups in total. The van der Waals surface area contributed by atoms with Crippen LogP contribution >= 0.6 is 34.5 Å². The second-order valence-electron chi connectivity index (χ2n) is 3.75. The molecule has 20 heavy (non-hydrogen) atoms. The summed E-state index contributed by atoms with van der Waals surface area (Å²) in [5, 5.41) is 11.4. The van der Waals surface area contributed by atoms with E-state index in [0.717, 1.165) is 11.3 Å². The number of nitrogens with zero attached hydrogens (tertiary/aromatic N) is 4. The summed E-state index contributed by atoms with van der Waals surface area (Å²) in [5.74, 6) is -1.17. The second kappa shape index (κ2) is 4.57. The lowest BCUT2D eigenvalue weighted by Crippen LogP contribution is -2.11. The predicted molar refractivity (Wildman–Crippen MR) is 69.1 cm³/mol. The molecule has 3 aromatic rings. The van der Waals surface area contributed by atoms with Crippen LogP contribution in [0.5, 0.6) is 0 Å². The normalized spacial score (nSPS) is 12.2. The van der Waals surface area contributed by atoms with Crippen LogP contribution in [-0.2, 0) is 6.18 Å². The van der Waals surface area contributed by atoms with Crippen molar-refractivity contribution in [2.75, 3.05) is 0 Å². The van der Waals surface area contributed by atoms with Gasteiger partial charge < -0.3 is 0 Å². The highest BCUT2D eigenvalue weighted by Crippen LogP contribution is 2.35. The molecular weight excluding hydrogens is 336 g/mol. The first-order chi connectivity index (χ1) is 9.36. The van der Waals surface area contributed by atoms with Crippen molar-refractivity contribution in [3.8, 4) is 10.6 Å². The van der Waals surface area contributed by atoms with Crippen LogP contribution in [0.15, 0.2) is 18.2 Å². The molecule has 3 rings (SSSR count). The largest absolute Gasteiger partial charge is 0.453 e. The molecule has 0 fully saturated rings. The van der Waals surface area contributed by atoms with Crippen molar-refractivity contribution in [2.45, 2.75) is 6.18 Å². The van der Waals surface area contributed by atoms with Gasteiger partial charge in [0.15, 0.2) is 0 Å². The van der Waals surface area contributed by atoms with Gasteiger partial charge in [0.05, 0.1) is 5.02 Å². The molecule has 0 saturated carbocycles. The van der Waals surface area contributed by atoms with Gasteiger partial charge in [-0.15, -0.1) is 10.2 Å². The molecule has 2 aromatic heterocycles. The summed E-state index contributed by atoms with van der Waals surface area (Å²) >= 11 is 12.8. The van der Waals surface area contributed by atoms with Crippen LogP contribution in [-0.4, -0.2) is 19.8 Å². The van der Waals surface area contributed by atoms with Gasteiger partial charge in [-0.1, -0.05) is 34.5 Å². The molecule has 2 heterocycles. The number of halogens is 5. The Kier molecular flexibility index (Phi) is 3.11. The standard InChI is InChI=1S/C10H3Cl2F3N4S/c11-4-1-2-6(12)5(3-4)7-18-19-8(10(13,14)15)16-17-9(19)20-7/h1-3H. The highest BCUT2D eigenvalue weighted by Gasteiger charge is 2.38. The Bertz CT molecular complexity index is 795. The number of aromatic nitrogens is 4. The van der Waals surface area contributed by atoms with Crippen molar-refractivity contribution in [1.82, 2.24) is 19.8 Å². The number of hydrogen-bond donors (Lipinski definition) is 0. The predicted octanol–water partition coefficient (Wildman–Crippen LogP) is 4.18. The number of fused-ring (bicyclic) bond motifs is 1. The Labute approximate surface area is 123 Å².